The Morgan fingerprint density at radius 2 is 1.47 bits per heavy atom. The molecule has 0 fully saturated rings. The monoisotopic (exact) mass is 254 g/mol. The van der Waals surface area contributed by atoms with Gasteiger partial charge in [0.1, 0.15) is 0 Å². The summed E-state index contributed by atoms with van der Waals surface area (Å²) in [6, 6.07) is 19.1. The van der Waals surface area contributed by atoms with E-state index in [0.717, 1.165) is 11.1 Å². The summed E-state index contributed by atoms with van der Waals surface area (Å²) in [5, 5.41) is 7.57. The lowest BCUT2D eigenvalue weighted by molar-refractivity contribution is 0.104. The number of carbonyl (C=O) groups is 1. The van der Waals surface area contributed by atoms with Gasteiger partial charge in [0.05, 0.1) is 0 Å². The summed E-state index contributed by atoms with van der Waals surface area (Å²) in [5.41, 5.74) is 1.75. The van der Waals surface area contributed by atoms with Crippen LogP contribution in [0.2, 0.25) is 0 Å². The van der Waals surface area contributed by atoms with Crippen LogP contribution in [0.4, 0.5) is 0 Å². The number of aliphatic hydroxyl groups is 1. The van der Waals surface area contributed by atoms with Crippen molar-refractivity contribution in [2.24, 2.45) is 0 Å². The summed E-state index contributed by atoms with van der Waals surface area (Å²) in [6.45, 7) is 1.93. The molecule has 0 saturated carbocycles. The highest BCUT2D eigenvalue weighted by molar-refractivity contribution is 6.06. The number of hydrogen-bond donors (Lipinski definition) is 1. The third kappa shape index (κ3) is 5.80. The average molecular weight is 254 g/mol. The van der Waals surface area contributed by atoms with Crippen LogP contribution < -0.4 is 0 Å². The third-order valence-corrected chi connectivity index (χ3v) is 2.29. The number of rotatable bonds is 3. The zero-order chi connectivity index (χ0) is 13.9. The molecule has 0 aliphatic carbocycles. The van der Waals surface area contributed by atoms with Crippen molar-refractivity contribution >= 4 is 11.9 Å². The normalized spacial score (nSPS) is 9.79. The smallest absolute Gasteiger partial charge is 0.185 e. The van der Waals surface area contributed by atoms with Gasteiger partial charge in [-0.1, -0.05) is 66.7 Å². The van der Waals surface area contributed by atoms with Gasteiger partial charge in [-0.3, -0.25) is 4.79 Å². The maximum Gasteiger partial charge on any atom is 0.185 e. The Hall–Kier alpha value is -2.19. The van der Waals surface area contributed by atoms with Crippen LogP contribution in [-0.4, -0.2) is 17.5 Å². The molecule has 0 aliphatic heterocycles. The molecule has 0 saturated heterocycles. The lowest BCUT2D eigenvalue weighted by atomic mass is 10.1. The predicted octanol–water partition coefficient (Wildman–Crippen LogP) is 3.58. The van der Waals surface area contributed by atoms with E-state index in [-0.39, 0.29) is 12.4 Å². The fourth-order valence-electron chi connectivity index (χ4n) is 1.43. The Bertz CT molecular complexity index is 501. The molecule has 2 rings (SSSR count). The molecule has 2 nitrogen and oxygen atoms in total. The summed E-state index contributed by atoms with van der Waals surface area (Å²) in [6.07, 6.45) is 3.43. The van der Waals surface area contributed by atoms with E-state index >= 15 is 0 Å². The molecule has 1 N–H and O–H groups in total. The number of carbonyl (C=O) groups excluding carboxylic acids is 1. The quantitative estimate of drug-likeness (QED) is 0.671. The van der Waals surface area contributed by atoms with Crippen molar-refractivity contribution in [1.29, 1.82) is 0 Å². The van der Waals surface area contributed by atoms with E-state index in [4.69, 9.17) is 5.11 Å². The van der Waals surface area contributed by atoms with Crippen LogP contribution in [0.25, 0.3) is 6.08 Å². The first kappa shape index (κ1) is 14.9. The summed E-state index contributed by atoms with van der Waals surface area (Å²) in [4.78, 5) is 11.7. The van der Waals surface area contributed by atoms with Crippen LogP contribution in [0.5, 0.6) is 0 Å². The average Bonchev–Trinajstić information content (AvgIpc) is 2.47. The van der Waals surface area contributed by atoms with Gasteiger partial charge < -0.3 is 5.11 Å². The van der Waals surface area contributed by atoms with E-state index in [9.17, 15) is 4.79 Å². The molecule has 0 heterocycles. The first-order valence-corrected chi connectivity index (χ1v) is 6.21. The third-order valence-electron chi connectivity index (χ3n) is 2.29. The van der Waals surface area contributed by atoms with E-state index in [1.807, 2.05) is 66.7 Å². The number of ketones is 1. The molecule has 2 aromatic carbocycles. The highest BCUT2D eigenvalue weighted by Crippen LogP contribution is 2.05. The van der Waals surface area contributed by atoms with Gasteiger partial charge >= 0.3 is 0 Å². The molecule has 0 atom stereocenters. The first-order valence-electron chi connectivity index (χ1n) is 6.21. The van der Waals surface area contributed by atoms with Crippen molar-refractivity contribution in [2.75, 3.05) is 6.61 Å². The minimum atomic E-state index is 0.0319. The second-order valence-electron chi connectivity index (χ2n) is 3.79. The summed E-state index contributed by atoms with van der Waals surface area (Å²) < 4.78 is 0. The summed E-state index contributed by atoms with van der Waals surface area (Å²) in [5.74, 6) is 0.0319. The van der Waals surface area contributed by atoms with Crippen molar-refractivity contribution in [1.82, 2.24) is 0 Å². The van der Waals surface area contributed by atoms with Gasteiger partial charge in [0, 0.05) is 12.2 Å². The number of allylic oxidation sites excluding steroid dienone is 1. The van der Waals surface area contributed by atoms with Crippen LogP contribution in [-0.2, 0) is 0 Å². The zero-order valence-corrected chi connectivity index (χ0v) is 11.0. The van der Waals surface area contributed by atoms with Crippen molar-refractivity contribution < 1.29 is 9.90 Å². The first-order chi connectivity index (χ1) is 9.27. The maximum absolute atomic E-state index is 11.7. The fourth-order valence-corrected chi connectivity index (χ4v) is 1.43. The Balaban J connectivity index is 0.000000550. The topological polar surface area (TPSA) is 37.3 Å². The minimum absolute atomic E-state index is 0.0319. The van der Waals surface area contributed by atoms with Crippen LogP contribution >= 0.6 is 0 Å². The Morgan fingerprint density at radius 1 is 1.00 bits per heavy atom. The van der Waals surface area contributed by atoms with Gasteiger partial charge in [0.15, 0.2) is 5.78 Å². The van der Waals surface area contributed by atoms with E-state index in [1.54, 1.807) is 13.0 Å². The van der Waals surface area contributed by atoms with Gasteiger partial charge in [0.25, 0.3) is 0 Å². The number of benzene rings is 2. The van der Waals surface area contributed by atoms with Gasteiger partial charge in [0.2, 0.25) is 0 Å². The summed E-state index contributed by atoms with van der Waals surface area (Å²) >= 11 is 0. The standard InChI is InChI=1S/C15H12O.C2H6O/c16-15(14-9-5-2-6-10-14)12-11-13-7-3-1-4-8-13;1-2-3/h1-12H;3H,2H2,1H3/b12-11+;. The van der Waals surface area contributed by atoms with Crippen LogP contribution in [0.1, 0.15) is 22.8 Å². The maximum atomic E-state index is 11.7. The van der Waals surface area contributed by atoms with Crippen LogP contribution in [0, 0.1) is 0 Å². The number of hydrogen-bond acceptors (Lipinski definition) is 2. The largest absolute Gasteiger partial charge is 0.397 e. The van der Waals surface area contributed by atoms with Crippen LogP contribution in [0.15, 0.2) is 66.7 Å². The van der Waals surface area contributed by atoms with Crippen molar-refractivity contribution in [3.05, 3.63) is 77.9 Å². The molecule has 2 aromatic rings. The Morgan fingerprint density at radius 3 is 2.00 bits per heavy atom. The molecule has 19 heavy (non-hydrogen) atoms. The van der Waals surface area contributed by atoms with Gasteiger partial charge in [-0.25, -0.2) is 0 Å². The zero-order valence-electron chi connectivity index (χ0n) is 11.0. The molecule has 0 aromatic heterocycles. The van der Waals surface area contributed by atoms with Crippen molar-refractivity contribution in [2.45, 2.75) is 6.92 Å². The van der Waals surface area contributed by atoms with E-state index < -0.39 is 0 Å². The summed E-state index contributed by atoms with van der Waals surface area (Å²) in [7, 11) is 0. The lowest BCUT2D eigenvalue weighted by Gasteiger charge is -1.94. The Labute approximate surface area is 114 Å². The SMILES string of the molecule is CCO.O=C(/C=C/c1ccccc1)c1ccccc1. The van der Waals surface area contributed by atoms with Crippen LogP contribution in [0.3, 0.4) is 0 Å². The highest BCUT2D eigenvalue weighted by atomic mass is 16.2. The lowest BCUT2D eigenvalue weighted by Crippen LogP contribution is -1.92. The van der Waals surface area contributed by atoms with E-state index in [1.165, 1.54) is 0 Å². The van der Waals surface area contributed by atoms with Gasteiger partial charge in [-0.15, -0.1) is 0 Å². The Kier molecular flexibility index (Phi) is 6.92. The van der Waals surface area contributed by atoms with E-state index in [2.05, 4.69) is 0 Å². The van der Waals surface area contributed by atoms with E-state index in [0.29, 0.717) is 0 Å². The molecule has 0 radical (unpaired) electrons. The van der Waals surface area contributed by atoms with Gasteiger partial charge in [-0.05, 0) is 18.6 Å². The molecule has 0 aliphatic rings. The van der Waals surface area contributed by atoms with Crippen molar-refractivity contribution in [3.63, 3.8) is 0 Å². The van der Waals surface area contributed by atoms with Crippen molar-refractivity contribution in [3.8, 4) is 0 Å². The minimum Gasteiger partial charge on any atom is -0.397 e. The highest BCUT2D eigenvalue weighted by Gasteiger charge is 1.98. The molecule has 0 bridgehead atoms. The fraction of sp³-hybridized carbons (Fsp3) is 0.118. The number of aliphatic hydroxyl groups excluding tert-OH is 1. The molecular weight excluding hydrogens is 236 g/mol. The second kappa shape index (κ2) is 8.84. The van der Waals surface area contributed by atoms with Gasteiger partial charge in [-0.2, -0.15) is 0 Å². The molecular formula is C17H18O2. The molecule has 0 spiro atoms. The predicted molar refractivity (Wildman–Crippen MR) is 79.0 cm³/mol. The molecule has 98 valence electrons. The molecule has 2 heteroatoms. The molecule has 0 unspecified atom stereocenters. The molecule has 0 amide bonds. The second-order valence-corrected chi connectivity index (χ2v) is 3.79.